The van der Waals surface area contributed by atoms with Gasteiger partial charge in [0.15, 0.2) is 5.65 Å². The van der Waals surface area contributed by atoms with Crippen LogP contribution in [0.15, 0.2) is 18.7 Å². The first kappa shape index (κ1) is 15.0. The number of fused-ring (bicyclic) bond motifs is 1. The number of nitrogens with one attached hydrogen (secondary N) is 1. The quantitative estimate of drug-likeness (QED) is 0.730. The molecule has 0 saturated carbocycles. The summed E-state index contributed by atoms with van der Waals surface area (Å²) in [6, 6.07) is -0.442. The molecule has 1 atom stereocenters. The Morgan fingerprint density at radius 1 is 1.30 bits per heavy atom. The number of carboxylic acid groups (broad SMARTS) is 1. The molecule has 3 aromatic heterocycles. The maximum absolute atomic E-state index is 12.4. The molecule has 3 aromatic rings. The summed E-state index contributed by atoms with van der Waals surface area (Å²) in [6.45, 7) is 1.73. The third-order valence-corrected chi connectivity index (χ3v) is 4.36. The van der Waals surface area contributed by atoms with Crippen molar-refractivity contribution in [3.8, 4) is 0 Å². The zero-order valence-electron chi connectivity index (χ0n) is 12.2. The number of thiazole rings is 1. The fourth-order valence-electron chi connectivity index (χ4n) is 2.06. The van der Waals surface area contributed by atoms with Gasteiger partial charge in [-0.1, -0.05) is 0 Å². The van der Waals surface area contributed by atoms with E-state index in [2.05, 4.69) is 25.4 Å². The fourth-order valence-corrected chi connectivity index (χ4v) is 2.82. The van der Waals surface area contributed by atoms with Crippen molar-refractivity contribution in [3.63, 3.8) is 0 Å². The van der Waals surface area contributed by atoms with Crippen LogP contribution in [0.1, 0.15) is 38.1 Å². The molecule has 9 nitrogen and oxygen atoms in total. The normalized spacial score (nSPS) is 12.3. The number of aromatic nitrogens is 5. The van der Waals surface area contributed by atoms with Crippen molar-refractivity contribution in [2.45, 2.75) is 13.0 Å². The highest BCUT2D eigenvalue weighted by Gasteiger charge is 2.20. The van der Waals surface area contributed by atoms with Crippen LogP contribution in [0.4, 0.5) is 0 Å². The predicted octanol–water partition coefficient (Wildman–Crippen LogP) is 1.01. The van der Waals surface area contributed by atoms with Gasteiger partial charge in [-0.25, -0.2) is 19.7 Å². The van der Waals surface area contributed by atoms with E-state index in [1.807, 2.05) is 0 Å². The van der Waals surface area contributed by atoms with Crippen LogP contribution < -0.4 is 5.32 Å². The average Bonchev–Trinajstić information content (AvgIpc) is 3.14. The van der Waals surface area contributed by atoms with Crippen LogP contribution in [0.3, 0.4) is 0 Å². The summed E-state index contributed by atoms with van der Waals surface area (Å²) in [5, 5.41) is 16.8. The van der Waals surface area contributed by atoms with Gasteiger partial charge in [-0.05, 0) is 6.92 Å². The molecule has 0 fully saturated rings. The Labute approximate surface area is 134 Å². The molecule has 0 bridgehead atoms. The second-order valence-electron chi connectivity index (χ2n) is 4.79. The number of carbonyl (C=O) groups excluding carboxylic acids is 1. The molecule has 3 rings (SSSR count). The Kier molecular flexibility index (Phi) is 3.74. The highest BCUT2D eigenvalue weighted by atomic mass is 32.1. The Bertz CT molecular complexity index is 902. The second-order valence-corrected chi connectivity index (χ2v) is 5.85. The van der Waals surface area contributed by atoms with Crippen molar-refractivity contribution in [1.82, 2.24) is 30.0 Å². The van der Waals surface area contributed by atoms with E-state index in [1.54, 1.807) is 18.7 Å². The van der Waals surface area contributed by atoms with Crippen LogP contribution in [0, 0.1) is 0 Å². The molecule has 118 valence electrons. The third kappa shape index (κ3) is 2.75. The minimum atomic E-state index is -1.04. The number of carbonyl (C=O) groups is 2. The van der Waals surface area contributed by atoms with Gasteiger partial charge in [0.1, 0.15) is 21.9 Å². The molecule has 0 aliphatic carbocycles. The van der Waals surface area contributed by atoms with Gasteiger partial charge in [-0.3, -0.25) is 9.48 Å². The Morgan fingerprint density at radius 3 is 2.78 bits per heavy atom. The smallest absolute Gasteiger partial charge is 0.347 e. The lowest BCUT2D eigenvalue weighted by Gasteiger charge is -2.10. The number of rotatable bonds is 4. The van der Waals surface area contributed by atoms with E-state index in [0.717, 1.165) is 11.3 Å². The zero-order chi connectivity index (χ0) is 16.6. The number of aromatic carboxylic acids is 1. The summed E-state index contributed by atoms with van der Waals surface area (Å²) in [6.07, 6.45) is 4.10. The van der Waals surface area contributed by atoms with Gasteiger partial charge in [0.25, 0.3) is 5.91 Å². The molecule has 23 heavy (non-hydrogen) atoms. The number of aryl methyl sites for hydroxylation is 1. The van der Waals surface area contributed by atoms with Gasteiger partial charge in [0, 0.05) is 7.05 Å². The molecule has 10 heteroatoms. The molecule has 1 unspecified atom stereocenters. The number of nitrogens with zero attached hydrogens (tertiary/aromatic N) is 5. The summed E-state index contributed by atoms with van der Waals surface area (Å²) >= 11 is 1.02. The largest absolute Gasteiger partial charge is 0.477 e. The van der Waals surface area contributed by atoms with Crippen LogP contribution in [-0.2, 0) is 7.05 Å². The molecule has 3 heterocycles. The lowest BCUT2D eigenvalue weighted by atomic mass is 10.2. The Balaban J connectivity index is 1.83. The first-order valence-electron chi connectivity index (χ1n) is 6.60. The SMILES string of the molecule is CC(NC(=O)c1ncnc2c1cnn2C)c1ncc(C(=O)O)s1. The van der Waals surface area contributed by atoms with Crippen LogP contribution in [0.25, 0.3) is 11.0 Å². The number of amides is 1. The van der Waals surface area contributed by atoms with Gasteiger partial charge in [-0.15, -0.1) is 11.3 Å². The predicted molar refractivity (Wildman–Crippen MR) is 81.3 cm³/mol. The minimum absolute atomic E-state index is 0.123. The Morgan fingerprint density at radius 2 is 2.09 bits per heavy atom. The zero-order valence-corrected chi connectivity index (χ0v) is 13.0. The van der Waals surface area contributed by atoms with E-state index in [0.29, 0.717) is 16.0 Å². The van der Waals surface area contributed by atoms with Gasteiger partial charge in [0.2, 0.25) is 0 Å². The average molecular weight is 332 g/mol. The van der Waals surface area contributed by atoms with Crippen LogP contribution >= 0.6 is 11.3 Å². The molecule has 0 aliphatic heterocycles. The van der Waals surface area contributed by atoms with E-state index in [1.165, 1.54) is 18.7 Å². The van der Waals surface area contributed by atoms with Crippen molar-refractivity contribution >= 4 is 34.2 Å². The lowest BCUT2D eigenvalue weighted by Crippen LogP contribution is -2.27. The fraction of sp³-hybridized carbons (Fsp3) is 0.231. The molecule has 2 N–H and O–H groups in total. The molecule has 0 spiro atoms. The molecule has 0 aromatic carbocycles. The van der Waals surface area contributed by atoms with Crippen LogP contribution in [-0.4, -0.2) is 41.7 Å². The summed E-state index contributed by atoms with van der Waals surface area (Å²) < 4.78 is 1.55. The summed E-state index contributed by atoms with van der Waals surface area (Å²) in [5.41, 5.74) is 0.769. The summed E-state index contributed by atoms with van der Waals surface area (Å²) in [7, 11) is 1.72. The minimum Gasteiger partial charge on any atom is -0.477 e. The summed E-state index contributed by atoms with van der Waals surface area (Å²) in [5.74, 6) is -1.44. The lowest BCUT2D eigenvalue weighted by molar-refractivity contribution is 0.0701. The van der Waals surface area contributed by atoms with Crippen molar-refractivity contribution in [2.75, 3.05) is 0 Å². The van der Waals surface area contributed by atoms with E-state index >= 15 is 0 Å². The highest BCUT2D eigenvalue weighted by Crippen LogP contribution is 2.21. The van der Waals surface area contributed by atoms with E-state index in [-0.39, 0.29) is 10.6 Å². The molecule has 0 aliphatic rings. The first-order valence-corrected chi connectivity index (χ1v) is 7.41. The number of hydrogen-bond acceptors (Lipinski definition) is 7. The topological polar surface area (TPSA) is 123 Å². The maximum Gasteiger partial charge on any atom is 0.347 e. The van der Waals surface area contributed by atoms with Gasteiger partial charge >= 0.3 is 5.97 Å². The highest BCUT2D eigenvalue weighted by molar-refractivity contribution is 7.13. The van der Waals surface area contributed by atoms with Gasteiger partial charge < -0.3 is 10.4 Å². The first-order chi connectivity index (χ1) is 11.0. The Hall–Kier alpha value is -2.88. The standard InChI is InChI=1S/C13H12N6O3S/c1-6(12-14-4-8(23-12)13(21)22)18-11(20)9-7-3-17-19(2)10(7)16-5-15-9/h3-6H,1-2H3,(H,18,20)(H,21,22). The van der Waals surface area contributed by atoms with Crippen molar-refractivity contribution < 1.29 is 14.7 Å². The molecular weight excluding hydrogens is 320 g/mol. The van der Waals surface area contributed by atoms with Crippen LogP contribution in [0.5, 0.6) is 0 Å². The number of hydrogen-bond donors (Lipinski definition) is 2. The van der Waals surface area contributed by atoms with Crippen molar-refractivity contribution in [1.29, 1.82) is 0 Å². The molecular formula is C13H12N6O3S. The van der Waals surface area contributed by atoms with Gasteiger partial charge in [-0.2, -0.15) is 5.10 Å². The third-order valence-electron chi connectivity index (χ3n) is 3.20. The molecule has 0 saturated heterocycles. The second kappa shape index (κ2) is 5.72. The molecule has 0 radical (unpaired) electrons. The van der Waals surface area contributed by atoms with E-state index < -0.39 is 17.9 Å². The van der Waals surface area contributed by atoms with Crippen LogP contribution in [0.2, 0.25) is 0 Å². The maximum atomic E-state index is 12.4. The monoisotopic (exact) mass is 332 g/mol. The summed E-state index contributed by atoms with van der Waals surface area (Å²) in [4.78, 5) is 35.5. The van der Waals surface area contributed by atoms with Crippen molar-refractivity contribution in [3.05, 3.63) is 34.3 Å². The van der Waals surface area contributed by atoms with E-state index in [9.17, 15) is 9.59 Å². The van der Waals surface area contributed by atoms with E-state index in [4.69, 9.17) is 5.11 Å². The molecule has 1 amide bonds. The number of carboxylic acids is 1. The van der Waals surface area contributed by atoms with Crippen molar-refractivity contribution in [2.24, 2.45) is 7.05 Å². The van der Waals surface area contributed by atoms with Gasteiger partial charge in [0.05, 0.1) is 23.8 Å².